The molecule has 2 heterocycles. The van der Waals surface area contributed by atoms with Crippen LogP contribution in [-0.4, -0.2) is 23.1 Å². The van der Waals surface area contributed by atoms with E-state index in [1.807, 2.05) is 36.9 Å². The Bertz CT molecular complexity index is 619. The van der Waals surface area contributed by atoms with E-state index in [0.29, 0.717) is 13.3 Å². The molecular weight excluding hydrogens is 242 g/mol. The molecule has 0 atom stereocenters. The molecule has 0 unspecified atom stereocenters. The number of ether oxygens (including phenoxy) is 2. The van der Waals surface area contributed by atoms with Gasteiger partial charge in [-0.3, -0.25) is 4.68 Å². The van der Waals surface area contributed by atoms with E-state index >= 15 is 0 Å². The number of nitrogens with two attached hydrogens (primary N) is 1. The fourth-order valence-electron chi connectivity index (χ4n) is 2.56. The predicted octanol–water partition coefficient (Wildman–Crippen LogP) is 1.63. The quantitative estimate of drug-likeness (QED) is 0.910. The molecule has 3 rings (SSSR count). The third kappa shape index (κ3) is 1.96. The van der Waals surface area contributed by atoms with E-state index in [4.69, 9.17) is 15.2 Å². The van der Waals surface area contributed by atoms with Gasteiger partial charge in [-0.15, -0.1) is 0 Å². The second-order valence-electron chi connectivity index (χ2n) is 4.64. The van der Waals surface area contributed by atoms with E-state index in [-0.39, 0.29) is 0 Å². The first-order valence-corrected chi connectivity index (χ1v) is 6.33. The van der Waals surface area contributed by atoms with E-state index in [1.165, 1.54) is 0 Å². The topological polar surface area (TPSA) is 62.3 Å². The van der Waals surface area contributed by atoms with Crippen molar-refractivity contribution in [3.05, 3.63) is 29.6 Å². The third-order valence-electron chi connectivity index (χ3n) is 3.38. The van der Waals surface area contributed by atoms with Crippen LogP contribution in [0.1, 0.15) is 11.4 Å². The monoisotopic (exact) mass is 259 g/mol. The fraction of sp³-hybridized carbons (Fsp3) is 0.357. The second kappa shape index (κ2) is 4.59. The lowest BCUT2D eigenvalue weighted by atomic mass is 10.0. The predicted molar refractivity (Wildman–Crippen MR) is 72.3 cm³/mol. The molecule has 1 aliphatic rings. The maximum Gasteiger partial charge on any atom is 0.231 e. The Morgan fingerprint density at radius 2 is 2.11 bits per heavy atom. The first-order valence-electron chi connectivity index (χ1n) is 6.33. The minimum atomic E-state index is 0.292. The molecule has 0 radical (unpaired) electrons. The van der Waals surface area contributed by atoms with Crippen molar-refractivity contribution in [2.75, 3.05) is 13.3 Å². The van der Waals surface area contributed by atoms with Gasteiger partial charge in [0.1, 0.15) is 0 Å². The molecule has 1 aliphatic heterocycles. The van der Waals surface area contributed by atoms with Gasteiger partial charge in [-0.25, -0.2) is 0 Å². The summed E-state index contributed by atoms with van der Waals surface area (Å²) in [6.07, 6.45) is 0.807. The molecule has 2 N–H and O–H groups in total. The van der Waals surface area contributed by atoms with Gasteiger partial charge in [0.25, 0.3) is 0 Å². The minimum absolute atomic E-state index is 0.292. The Balaban J connectivity index is 2.11. The molecule has 1 aromatic heterocycles. The number of fused-ring (bicyclic) bond motifs is 1. The summed E-state index contributed by atoms with van der Waals surface area (Å²) in [6.45, 7) is 2.91. The van der Waals surface area contributed by atoms with Gasteiger partial charge < -0.3 is 15.2 Å². The lowest BCUT2D eigenvalue weighted by Gasteiger charge is -2.07. The summed E-state index contributed by atoms with van der Waals surface area (Å²) in [5.41, 5.74) is 10.1. The van der Waals surface area contributed by atoms with Gasteiger partial charge in [-0.05, 0) is 31.2 Å². The lowest BCUT2D eigenvalue weighted by Crippen LogP contribution is -2.08. The SMILES string of the molecule is Cc1nn(C)c(CCN)c1-c1ccc2c(c1)OCO2. The zero-order chi connectivity index (χ0) is 13.4. The molecule has 0 aliphatic carbocycles. The smallest absolute Gasteiger partial charge is 0.231 e. The van der Waals surface area contributed by atoms with Gasteiger partial charge in [0.05, 0.1) is 5.69 Å². The summed E-state index contributed by atoms with van der Waals surface area (Å²) in [7, 11) is 1.95. The molecule has 2 aromatic rings. The molecule has 0 saturated heterocycles. The number of hydrogen-bond acceptors (Lipinski definition) is 4. The van der Waals surface area contributed by atoms with Gasteiger partial charge in [-0.2, -0.15) is 5.10 Å². The highest BCUT2D eigenvalue weighted by molar-refractivity contribution is 5.71. The van der Waals surface area contributed by atoms with Crippen LogP contribution in [-0.2, 0) is 13.5 Å². The van der Waals surface area contributed by atoms with Gasteiger partial charge in [0.2, 0.25) is 6.79 Å². The molecule has 0 amide bonds. The van der Waals surface area contributed by atoms with Gasteiger partial charge in [0.15, 0.2) is 11.5 Å². The van der Waals surface area contributed by atoms with Crippen LogP contribution in [0.2, 0.25) is 0 Å². The Morgan fingerprint density at radius 3 is 2.89 bits per heavy atom. The molecule has 5 nitrogen and oxygen atoms in total. The van der Waals surface area contributed by atoms with Crippen LogP contribution in [0.15, 0.2) is 18.2 Å². The summed E-state index contributed by atoms with van der Waals surface area (Å²) in [6, 6.07) is 5.99. The van der Waals surface area contributed by atoms with Crippen molar-refractivity contribution in [3.8, 4) is 22.6 Å². The highest BCUT2D eigenvalue weighted by atomic mass is 16.7. The molecule has 100 valence electrons. The molecule has 0 bridgehead atoms. The molecule has 0 fully saturated rings. The van der Waals surface area contributed by atoms with Gasteiger partial charge in [-0.1, -0.05) is 6.07 Å². The third-order valence-corrected chi connectivity index (χ3v) is 3.38. The van der Waals surface area contributed by atoms with Crippen LogP contribution >= 0.6 is 0 Å². The number of aromatic nitrogens is 2. The molecule has 1 aromatic carbocycles. The first-order chi connectivity index (χ1) is 9.20. The molecular formula is C14H17N3O2. The van der Waals surface area contributed by atoms with E-state index in [1.54, 1.807) is 0 Å². The van der Waals surface area contributed by atoms with Gasteiger partial charge >= 0.3 is 0 Å². The van der Waals surface area contributed by atoms with Crippen molar-refractivity contribution in [2.45, 2.75) is 13.3 Å². The Morgan fingerprint density at radius 1 is 1.32 bits per heavy atom. The molecule has 5 heteroatoms. The van der Waals surface area contributed by atoms with E-state index in [2.05, 4.69) is 5.10 Å². The van der Waals surface area contributed by atoms with Crippen LogP contribution in [0.3, 0.4) is 0 Å². The summed E-state index contributed by atoms with van der Waals surface area (Å²) < 4.78 is 12.7. The summed E-state index contributed by atoms with van der Waals surface area (Å²) in [5, 5.41) is 4.49. The lowest BCUT2D eigenvalue weighted by molar-refractivity contribution is 0.174. The maximum absolute atomic E-state index is 5.69. The molecule has 0 spiro atoms. The summed E-state index contributed by atoms with van der Waals surface area (Å²) >= 11 is 0. The summed E-state index contributed by atoms with van der Waals surface area (Å²) in [5.74, 6) is 1.59. The van der Waals surface area contributed by atoms with Crippen LogP contribution in [0.4, 0.5) is 0 Å². The normalized spacial score (nSPS) is 13.0. The fourth-order valence-corrected chi connectivity index (χ4v) is 2.56. The van der Waals surface area contributed by atoms with E-state index < -0.39 is 0 Å². The zero-order valence-corrected chi connectivity index (χ0v) is 11.1. The number of benzene rings is 1. The van der Waals surface area contributed by atoms with Crippen LogP contribution in [0.5, 0.6) is 11.5 Å². The van der Waals surface area contributed by atoms with Crippen LogP contribution < -0.4 is 15.2 Å². The van der Waals surface area contributed by atoms with Crippen molar-refractivity contribution in [3.63, 3.8) is 0 Å². The van der Waals surface area contributed by atoms with Crippen molar-refractivity contribution in [1.29, 1.82) is 0 Å². The second-order valence-corrected chi connectivity index (χ2v) is 4.64. The molecule has 19 heavy (non-hydrogen) atoms. The van der Waals surface area contributed by atoms with Crippen molar-refractivity contribution >= 4 is 0 Å². The summed E-state index contributed by atoms with van der Waals surface area (Å²) in [4.78, 5) is 0. The number of hydrogen-bond donors (Lipinski definition) is 1. The maximum atomic E-state index is 5.69. The molecule has 0 saturated carbocycles. The number of aryl methyl sites for hydroxylation is 2. The van der Waals surface area contributed by atoms with Gasteiger partial charge in [0, 0.05) is 24.7 Å². The van der Waals surface area contributed by atoms with Crippen molar-refractivity contribution in [1.82, 2.24) is 9.78 Å². The Labute approximate surface area is 111 Å². The Hall–Kier alpha value is -2.01. The van der Waals surface area contributed by atoms with Crippen LogP contribution in [0, 0.1) is 6.92 Å². The van der Waals surface area contributed by atoms with Crippen molar-refractivity contribution < 1.29 is 9.47 Å². The highest BCUT2D eigenvalue weighted by Crippen LogP contribution is 2.37. The van der Waals surface area contributed by atoms with Crippen molar-refractivity contribution in [2.24, 2.45) is 12.8 Å². The minimum Gasteiger partial charge on any atom is -0.454 e. The number of nitrogens with zero attached hydrogens (tertiary/aromatic N) is 2. The Kier molecular flexibility index (Phi) is 2.91. The van der Waals surface area contributed by atoms with Crippen LogP contribution in [0.25, 0.3) is 11.1 Å². The highest BCUT2D eigenvalue weighted by Gasteiger charge is 2.18. The first kappa shape index (κ1) is 12.0. The standard InChI is InChI=1S/C14H17N3O2/c1-9-14(11(5-6-15)17(2)16-9)10-3-4-12-13(7-10)19-8-18-12/h3-4,7H,5-6,8,15H2,1-2H3. The van der Waals surface area contributed by atoms with E-state index in [0.717, 1.165) is 40.4 Å². The largest absolute Gasteiger partial charge is 0.454 e. The zero-order valence-electron chi connectivity index (χ0n) is 11.1. The average molecular weight is 259 g/mol. The van der Waals surface area contributed by atoms with E-state index in [9.17, 15) is 0 Å². The average Bonchev–Trinajstić information content (AvgIpc) is 2.94. The number of rotatable bonds is 3.